The van der Waals surface area contributed by atoms with Crippen molar-refractivity contribution in [2.24, 2.45) is 7.05 Å². The molecule has 41 heavy (non-hydrogen) atoms. The van der Waals surface area contributed by atoms with Crippen LogP contribution in [0.1, 0.15) is 11.1 Å². The molecule has 14 heteroatoms. The van der Waals surface area contributed by atoms with E-state index >= 15 is 0 Å². The van der Waals surface area contributed by atoms with Crippen LogP contribution in [-0.2, 0) is 19.8 Å². The van der Waals surface area contributed by atoms with Crippen molar-refractivity contribution < 1.29 is 40.3 Å². The van der Waals surface area contributed by atoms with Crippen molar-refractivity contribution in [3.63, 3.8) is 0 Å². The molecule has 0 amide bonds. The van der Waals surface area contributed by atoms with Gasteiger partial charge in [0.15, 0.2) is 17.5 Å². The first-order valence-corrected chi connectivity index (χ1v) is 12.0. The molecule has 3 aromatic carbocycles. The van der Waals surface area contributed by atoms with Crippen molar-refractivity contribution in [3.8, 4) is 34.0 Å². The average Bonchev–Trinajstić information content (AvgIpc) is 3.53. The second-order valence-corrected chi connectivity index (χ2v) is 9.23. The highest BCUT2D eigenvalue weighted by Crippen LogP contribution is 2.39. The molecule has 7 nitrogen and oxygen atoms in total. The van der Waals surface area contributed by atoms with Crippen LogP contribution in [0.2, 0.25) is 0 Å². The Bertz CT molecular complexity index is 1710. The Morgan fingerprint density at radius 2 is 1.73 bits per heavy atom. The lowest BCUT2D eigenvalue weighted by Crippen LogP contribution is -2.38. The highest BCUT2D eigenvalue weighted by Gasteiger charge is 2.38. The van der Waals surface area contributed by atoms with Gasteiger partial charge in [-0.25, -0.2) is 9.37 Å². The standard InChI is InChI=1S/C27H20F7N5O2/c1-39-13-36-38-24(39)19-10-17(28)5-6-18(19)15-3-2-4-16(9-15)25-37-21-8-14(11-35-12-22(40)27(32,33)34)7-20(23(21)41-25)26(29,30)31/h2-10,13,22,35,40H,11-12H2,1H3/t22-/m1/s1. The van der Waals surface area contributed by atoms with Crippen molar-refractivity contribution in [2.75, 3.05) is 6.54 Å². The van der Waals surface area contributed by atoms with E-state index in [2.05, 4.69) is 20.5 Å². The molecular formula is C27H20F7N5O2. The number of fused-ring (bicyclic) bond motifs is 1. The molecule has 0 aliphatic carbocycles. The third kappa shape index (κ3) is 5.93. The molecule has 2 aromatic heterocycles. The van der Waals surface area contributed by atoms with E-state index in [-0.39, 0.29) is 23.5 Å². The number of oxazole rings is 1. The van der Waals surface area contributed by atoms with Crippen LogP contribution in [0.4, 0.5) is 30.7 Å². The molecule has 0 bridgehead atoms. The van der Waals surface area contributed by atoms with E-state index in [4.69, 9.17) is 9.52 Å². The quantitative estimate of drug-likeness (QED) is 0.226. The van der Waals surface area contributed by atoms with E-state index in [0.717, 1.165) is 6.07 Å². The fourth-order valence-corrected chi connectivity index (χ4v) is 4.30. The van der Waals surface area contributed by atoms with E-state index in [1.165, 1.54) is 24.5 Å². The highest BCUT2D eigenvalue weighted by molar-refractivity contribution is 5.84. The van der Waals surface area contributed by atoms with Crippen molar-refractivity contribution >= 4 is 11.1 Å². The Morgan fingerprint density at radius 1 is 0.976 bits per heavy atom. The van der Waals surface area contributed by atoms with Crippen LogP contribution in [-0.4, -0.2) is 43.7 Å². The molecule has 5 rings (SSSR count). The van der Waals surface area contributed by atoms with Crippen molar-refractivity contribution in [2.45, 2.75) is 25.0 Å². The normalized spacial score (nSPS) is 13.2. The lowest BCUT2D eigenvalue weighted by Gasteiger charge is -2.15. The minimum Gasteiger partial charge on any atom is -0.435 e. The Kier molecular flexibility index (Phi) is 7.30. The van der Waals surface area contributed by atoms with Crippen LogP contribution in [0.5, 0.6) is 0 Å². The first kappa shape index (κ1) is 28.2. The summed E-state index contributed by atoms with van der Waals surface area (Å²) < 4.78 is 101. The van der Waals surface area contributed by atoms with Crippen molar-refractivity contribution in [1.82, 2.24) is 25.1 Å². The van der Waals surface area contributed by atoms with Gasteiger partial charge in [0.25, 0.3) is 0 Å². The summed E-state index contributed by atoms with van der Waals surface area (Å²) in [5.74, 6) is -0.238. The number of nitrogens with zero attached hydrogens (tertiary/aromatic N) is 4. The maximum Gasteiger partial charge on any atom is 0.420 e. The summed E-state index contributed by atoms with van der Waals surface area (Å²) in [4.78, 5) is 4.23. The summed E-state index contributed by atoms with van der Waals surface area (Å²) in [6.45, 7) is -1.29. The molecule has 2 heterocycles. The fraction of sp³-hybridized carbons (Fsp3) is 0.222. The Labute approximate surface area is 227 Å². The molecule has 5 aromatic rings. The van der Waals surface area contributed by atoms with Gasteiger partial charge in [-0.2, -0.15) is 26.3 Å². The van der Waals surface area contributed by atoms with E-state index < -0.39 is 42.0 Å². The van der Waals surface area contributed by atoms with Crippen LogP contribution in [0.3, 0.4) is 0 Å². The predicted octanol–water partition coefficient (Wildman–Crippen LogP) is 6.13. The Hall–Kier alpha value is -4.30. The van der Waals surface area contributed by atoms with Gasteiger partial charge in [-0.05, 0) is 53.1 Å². The van der Waals surface area contributed by atoms with Gasteiger partial charge in [0, 0.05) is 31.3 Å². The maximum absolute atomic E-state index is 14.1. The zero-order chi connectivity index (χ0) is 29.5. The number of hydrogen-bond donors (Lipinski definition) is 2. The third-order valence-corrected chi connectivity index (χ3v) is 6.25. The summed E-state index contributed by atoms with van der Waals surface area (Å²) in [5, 5.41) is 19.3. The van der Waals surface area contributed by atoms with Gasteiger partial charge in [0.1, 0.15) is 23.2 Å². The van der Waals surface area contributed by atoms with Crippen LogP contribution in [0, 0.1) is 5.82 Å². The van der Waals surface area contributed by atoms with Gasteiger partial charge >= 0.3 is 12.4 Å². The smallest absolute Gasteiger partial charge is 0.420 e. The molecule has 214 valence electrons. The zero-order valence-corrected chi connectivity index (χ0v) is 21.1. The second kappa shape index (κ2) is 10.6. The van der Waals surface area contributed by atoms with Gasteiger partial charge < -0.3 is 19.4 Å². The zero-order valence-electron chi connectivity index (χ0n) is 21.1. The first-order chi connectivity index (χ1) is 19.3. The van der Waals surface area contributed by atoms with Gasteiger partial charge in [-0.3, -0.25) is 0 Å². The predicted molar refractivity (Wildman–Crippen MR) is 134 cm³/mol. The minimum absolute atomic E-state index is 0.00701. The van der Waals surface area contributed by atoms with Crippen LogP contribution < -0.4 is 5.32 Å². The molecule has 0 fully saturated rings. The lowest BCUT2D eigenvalue weighted by atomic mass is 9.97. The molecule has 1 atom stereocenters. The van der Waals surface area contributed by atoms with E-state index in [9.17, 15) is 30.7 Å². The molecule has 0 aliphatic heterocycles. The number of aromatic nitrogens is 4. The minimum atomic E-state index is -4.87. The molecule has 0 unspecified atom stereocenters. The Morgan fingerprint density at radius 3 is 2.41 bits per heavy atom. The third-order valence-electron chi connectivity index (χ3n) is 6.25. The van der Waals surface area contributed by atoms with Crippen molar-refractivity contribution in [3.05, 3.63) is 77.9 Å². The number of nitrogens with one attached hydrogen (secondary N) is 1. The van der Waals surface area contributed by atoms with Gasteiger partial charge in [-0.1, -0.05) is 18.2 Å². The Balaban J connectivity index is 1.52. The molecule has 0 aliphatic rings. The summed E-state index contributed by atoms with van der Waals surface area (Å²) in [5.41, 5.74) is 0.0553. The largest absolute Gasteiger partial charge is 0.435 e. The van der Waals surface area contributed by atoms with Crippen LogP contribution in [0.15, 0.2) is 65.3 Å². The van der Waals surface area contributed by atoms with E-state index in [1.807, 2.05) is 0 Å². The second-order valence-electron chi connectivity index (χ2n) is 9.23. The molecule has 0 saturated heterocycles. The number of halogens is 7. The van der Waals surface area contributed by atoms with Gasteiger partial charge in [0.05, 0.1) is 0 Å². The van der Waals surface area contributed by atoms with Crippen molar-refractivity contribution in [1.29, 1.82) is 0 Å². The van der Waals surface area contributed by atoms with Crippen LogP contribution >= 0.6 is 0 Å². The van der Waals surface area contributed by atoms with Gasteiger partial charge in [0.2, 0.25) is 5.89 Å². The summed E-state index contributed by atoms with van der Waals surface area (Å²) in [6.07, 6.45) is -10.9. The summed E-state index contributed by atoms with van der Waals surface area (Å²) >= 11 is 0. The summed E-state index contributed by atoms with van der Waals surface area (Å²) in [6, 6.07) is 12.7. The number of aliphatic hydroxyl groups excluding tert-OH is 1. The molecule has 0 spiro atoms. The molecule has 0 radical (unpaired) electrons. The highest BCUT2D eigenvalue weighted by atomic mass is 19.4. The number of alkyl halides is 6. The lowest BCUT2D eigenvalue weighted by molar-refractivity contribution is -0.201. The SMILES string of the molecule is Cn1cnnc1-c1cc(F)ccc1-c1cccc(-c2nc3cc(CNC[C@@H](O)C(F)(F)F)cc(C(F)(F)F)c3o2)c1. The molecular weight excluding hydrogens is 559 g/mol. The topological polar surface area (TPSA) is 89.0 Å². The van der Waals surface area contributed by atoms with E-state index in [1.54, 1.807) is 41.9 Å². The number of hydrogen-bond acceptors (Lipinski definition) is 6. The number of benzene rings is 3. The fourth-order valence-electron chi connectivity index (χ4n) is 4.30. The summed E-state index contributed by atoms with van der Waals surface area (Å²) in [7, 11) is 1.69. The number of rotatable bonds is 7. The first-order valence-electron chi connectivity index (χ1n) is 12.0. The number of aryl methyl sites for hydroxylation is 1. The molecule has 2 N–H and O–H groups in total. The monoisotopic (exact) mass is 579 g/mol. The van der Waals surface area contributed by atoms with E-state index in [0.29, 0.717) is 28.1 Å². The number of aliphatic hydroxyl groups is 1. The van der Waals surface area contributed by atoms with Gasteiger partial charge in [-0.15, -0.1) is 10.2 Å². The molecule has 0 saturated carbocycles. The maximum atomic E-state index is 14.1. The van der Waals surface area contributed by atoms with Crippen LogP contribution in [0.25, 0.3) is 45.1 Å². The average molecular weight is 579 g/mol.